The molecular weight excluding hydrogens is 484 g/mol. The van der Waals surface area contributed by atoms with E-state index in [-0.39, 0.29) is 41.1 Å². The smallest absolute Gasteiger partial charge is 0.345 e. The number of ether oxygens (including phenoxy) is 2. The highest BCUT2D eigenvalue weighted by Crippen LogP contribution is 2.52. The van der Waals surface area contributed by atoms with Crippen molar-refractivity contribution >= 4 is 18.0 Å². The molecule has 0 amide bonds. The van der Waals surface area contributed by atoms with Crippen molar-refractivity contribution in [2.45, 2.75) is 31.5 Å². The summed E-state index contributed by atoms with van der Waals surface area (Å²) in [6.45, 7) is 1.84. The summed E-state index contributed by atoms with van der Waals surface area (Å²) in [5, 5.41) is 58.3. The Morgan fingerprint density at radius 2 is 1.57 bits per heavy atom. The summed E-state index contributed by atoms with van der Waals surface area (Å²) in [6, 6.07) is 11.0. The van der Waals surface area contributed by atoms with Crippen molar-refractivity contribution in [3.05, 3.63) is 76.9 Å². The van der Waals surface area contributed by atoms with Crippen molar-refractivity contribution < 1.29 is 49.7 Å². The van der Waals surface area contributed by atoms with Crippen LogP contribution in [0.2, 0.25) is 0 Å². The van der Waals surface area contributed by atoms with Gasteiger partial charge >= 0.3 is 11.9 Å². The molecule has 3 atom stereocenters. The van der Waals surface area contributed by atoms with E-state index in [2.05, 4.69) is 0 Å². The fourth-order valence-corrected chi connectivity index (χ4v) is 4.22. The average Bonchev–Trinajstić information content (AvgIpc) is 3.20. The monoisotopic (exact) mass is 508 g/mol. The third kappa shape index (κ3) is 5.22. The maximum Gasteiger partial charge on any atom is 0.345 e. The predicted molar refractivity (Wildman–Crippen MR) is 130 cm³/mol. The standard InChI is InChI=1S/C27H24O10/c1-13-24-15(3-8-19(30)26(24)37-25(13)16-4-7-18(29)21(32)12-16)5-9-23(33)36-22(27(34)35)11-14-2-6-17(28)20(31)10-14/h2-10,12-13,22,25,28-32H,11H2,1H3,(H,34,35)/b9-5+/t13-,22+,25-/m0/s1. The number of carboxylic acids is 1. The third-order valence-electron chi connectivity index (χ3n) is 6.09. The van der Waals surface area contributed by atoms with E-state index in [0.29, 0.717) is 22.3 Å². The van der Waals surface area contributed by atoms with Crippen LogP contribution in [-0.4, -0.2) is 48.7 Å². The van der Waals surface area contributed by atoms with Gasteiger partial charge in [0.1, 0.15) is 6.10 Å². The minimum atomic E-state index is -1.54. The van der Waals surface area contributed by atoms with Gasteiger partial charge in [0.2, 0.25) is 6.10 Å². The first-order valence-corrected chi connectivity index (χ1v) is 11.2. The Bertz CT molecular complexity index is 1390. The van der Waals surface area contributed by atoms with Crippen LogP contribution in [-0.2, 0) is 20.7 Å². The molecule has 0 radical (unpaired) electrons. The molecule has 4 rings (SSSR count). The minimum absolute atomic E-state index is 0.116. The second kappa shape index (κ2) is 10.0. The lowest BCUT2D eigenvalue weighted by atomic mass is 9.89. The van der Waals surface area contributed by atoms with Gasteiger partial charge in [0.25, 0.3) is 0 Å². The number of carboxylic acid groups (broad SMARTS) is 1. The van der Waals surface area contributed by atoms with Crippen LogP contribution < -0.4 is 4.74 Å². The SMILES string of the molecule is C[C@H]1c2c(/C=C/C(=O)O[C@H](Cc3ccc(O)c(O)c3)C(=O)O)ccc(O)c2O[C@@H]1c1ccc(O)c(O)c1. The summed E-state index contributed by atoms with van der Waals surface area (Å²) < 4.78 is 11.0. The largest absolute Gasteiger partial charge is 0.504 e. The zero-order valence-electron chi connectivity index (χ0n) is 19.5. The Labute approximate surface area is 210 Å². The van der Waals surface area contributed by atoms with Gasteiger partial charge in [-0.05, 0) is 53.1 Å². The number of rotatable bonds is 7. The average molecular weight is 508 g/mol. The predicted octanol–water partition coefficient (Wildman–Crippen LogP) is 3.70. The molecule has 37 heavy (non-hydrogen) atoms. The number of hydrogen-bond acceptors (Lipinski definition) is 9. The fourth-order valence-electron chi connectivity index (χ4n) is 4.22. The van der Waals surface area contributed by atoms with E-state index < -0.39 is 29.9 Å². The van der Waals surface area contributed by atoms with Crippen LogP contribution in [0.15, 0.2) is 54.6 Å². The van der Waals surface area contributed by atoms with E-state index in [1.165, 1.54) is 42.5 Å². The van der Waals surface area contributed by atoms with Crippen molar-refractivity contribution in [1.82, 2.24) is 0 Å². The van der Waals surface area contributed by atoms with Gasteiger partial charge in [0, 0.05) is 24.0 Å². The minimum Gasteiger partial charge on any atom is -0.504 e. The van der Waals surface area contributed by atoms with Crippen LogP contribution in [0.4, 0.5) is 0 Å². The van der Waals surface area contributed by atoms with Crippen LogP contribution in [0.25, 0.3) is 6.08 Å². The number of aromatic hydroxyl groups is 5. The molecule has 192 valence electrons. The van der Waals surface area contributed by atoms with Crippen LogP contribution in [0.5, 0.6) is 34.5 Å². The lowest BCUT2D eigenvalue weighted by Gasteiger charge is -2.16. The molecule has 0 saturated heterocycles. The van der Waals surface area contributed by atoms with Gasteiger partial charge in [-0.2, -0.15) is 0 Å². The highest BCUT2D eigenvalue weighted by molar-refractivity contribution is 5.89. The molecular formula is C27H24O10. The van der Waals surface area contributed by atoms with E-state index in [1.807, 2.05) is 6.92 Å². The van der Waals surface area contributed by atoms with Crippen LogP contribution >= 0.6 is 0 Å². The molecule has 0 aliphatic carbocycles. The lowest BCUT2D eigenvalue weighted by Crippen LogP contribution is -2.28. The number of carbonyl (C=O) groups is 2. The van der Waals surface area contributed by atoms with Crippen molar-refractivity contribution in [2.75, 3.05) is 0 Å². The van der Waals surface area contributed by atoms with E-state index in [9.17, 15) is 40.2 Å². The van der Waals surface area contributed by atoms with Crippen LogP contribution in [0.1, 0.15) is 41.2 Å². The first-order valence-electron chi connectivity index (χ1n) is 11.2. The first-order chi connectivity index (χ1) is 17.5. The van der Waals surface area contributed by atoms with Gasteiger partial charge < -0.3 is 40.1 Å². The van der Waals surface area contributed by atoms with Crippen LogP contribution in [0.3, 0.4) is 0 Å². The molecule has 0 aromatic heterocycles. The molecule has 0 spiro atoms. The summed E-state index contributed by atoms with van der Waals surface area (Å²) in [5.41, 5.74) is 2.03. The summed E-state index contributed by atoms with van der Waals surface area (Å²) in [4.78, 5) is 24.1. The van der Waals surface area contributed by atoms with Crippen molar-refractivity contribution in [2.24, 2.45) is 0 Å². The maximum atomic E-state index is 12.5. The Morgan fingerprint density at radius 1 is 0.919 bits per heavy atom. The molecule has 1 aliphatic heterocycles. The zero-order chi connectivity index (χ0) is 26.9. The normalized spacial score (nSPS) is 17.2. The van der Waals surface area contributed by atoms with Gasteiger partial charge in [0.15, 0.2) is 34.5 Å². The first kappa shape index (κ1) is 25.2. The second-order valence-electron chi connectivity index (χ2n) is 8.62. The Balaban J connectivity index is 1.53. The number of benzene rings is 3. The van der Waals surface area contributed by atoms with Gasteiger partial charge in [0.05, 0.1) is 0 Å². The van der Waals surface area contributed by atoms with Gasteiger partial charge in [-0.1, -0.05) is 25.1 Å². The van der Waals surface area contributed by atoms with Gasteiger partial charge in [-0.3, -0.25) is 0 Å². The van der Waals surface area contributed by atoms with Crippen molar-refractivity contribution in [1.29, 1.82) is 0 Å². The molecule has 6 N–H and O–H groups in total. The number of fused-ring (bicyclic) bond motifs is 1. The van der Waals surface area contributed by atoms with E-state index in [4.69, 9.17) is 9.47 Å². The number of carbonyl (C=O) groups excluding carboxylic acids is 1. The summed E-state index contributed by atoms with van der Waals surface area (Å²) in [7, 11) is 0. The molecule has 0 saturated carbocycles. The number of phenolic OH excluding ortho intramolecular Hbond substituents is 5. The third-order valence-corrected chi connectivity index (χ3v) is 6.09. The van der Waals surface area contributed by atoms with Crippen LogP contribution in [0, 0.1) is 0 Å². The molecule has 0 bridgehead atoms. The van der Waals surface area contributed by atoms with Gasteiger partial charge in [-0.25, -0.2) is 9.59 Å². The van der Waals surface area contributed by atoms with E-state index >= 15 is 0 Å². The molecule has 0 fully saturated rings. The number of phenols is 5. The van der Waals surface area contributed by atoms with E-state index in [1.54, 1.807) is 12.1 Å². The van der Waals surface area contributed by atoms with Crippen molar-refractivity contribution in [3.8, 4) is 34.5 Å². The van der Waals surface area contributed by atoms with Gasteiger partial charge in [-0.15, -0.1) is 0 Å². The number of hydrogen-bond donors (Lipinski definition) is 6. The molecule has 1 heterocycles. The fraction of sp³-hybridized carbons (Fsp3) is 0.185. The Hall–Kier alpha value is -4.86. The Kier molecular flexibility index (Phi) is 6.83. The summed E-state index contributed by atoms with van der Waals surface area (Å²) in [5.74, 6) is -3.93. The highest BCUT2D eigenvalue weighted by atomic mass is 16.6. The summed E-state index contributed by atoms with van der Waals surface area (Å²) in [6.07, 6.45) is 0.113. The maximum absolute atomic E-state index is 12.5. The van der Waals surface area contributed by atoms with Crippen molar-refractivity contribution in [3.63, 3.8) is 0 Å². The molecule has 10 heteroatoms. The summed E-state index contributed by atoms with van der Waals surface area (Å²) >= 11 is 0. The topological polar surface area (TPSA) is 174 Å². The number of esters is 1. The molecule has 3 aromatic rings. The second-order valence-corrected chi connectivity index (χ2v) is 8.62. The molecule has 10 nitrogen and oxygen atoms in total. The lowest BCUT2D eigenvalue weighted by molar-refractivity contribution is -0.160. The molecule has 1 aliphatic rings. The zero-order valence-corrected chi connectivity index (χ0v) is 19.5. The Morgan fingerprint density at radius 3 is 2.22 bits per heavy atom. The highest BCUT2D eigenvalue weighted by Gasteiger charge is 2.36. The molecule has 0 unspecified atom stereocenters. The molecule has 3 aromatic carbocycles. The van der Waals surface area contributed by atoms with E-state index in [0.717, 1.165) is 6.08 Å². The quantitative estimate of drug-likeness (QED) is 0.157. The number of aliphatic carboxylic acids is 1.